The molecule has 1 rings (SSSR count). The lowest BCUT2D eigenvalue weighted by Crippen LogP contribution is -2.29. The third-order valence-corrected chi connectivity index (χ3v) is 4.59. The molecule has 0 heterocycles. The maximum atomic E-state index is 11.9. The quantitative estimate of drug-likeness (QED) is 0.921. The van der Waals surface area contributed by atoms with Gasteiger partial charge in [0.05, 0.1) is 10.6 Å². The van der Waals surface area contributed by atoms with Crippen LogP contribution in [-0.2, 0) is 9.84 Å². The van der Waals surface area contributed by atoms with E-state index < -0.39 is 9.84 Å². The summed E-state index contributed by atoms with van der Waals surface area (Å²) in [5.74, 6) is 0.116. The molecular formula is C10H14BrNO2S. The molecule has 1 aromatic carbocycles. The lowest BCUT2D eigenvalue weighted by Gasteiger charge is -2.10. The molecule has 0 spiro atoms. The van der Waals surface area contributed by atoms with E-state index in [4.69, 9.17) is 0 Å². The van der Waals surface area contributed by atoms with Gasteiger partial charge >= 0.3 is 0 Å². The molecule has 0 aliphatic carbocycles. The average Bonchev–Trinajstić information content (AvgIpc) is 2.17. The largest absolute Gasteiger partial charge is 0.316 e. The highest BCUT2D eigenvalue weighted by Crippen LogP contribution is 2.16. The van der Waals surface area contributed by atoms with Gasteiger partial charge in [-0.1, -0.05) is 15.9 Å². The average molecular weight is 292 g/mol. The highest BCUT2D eigenvalue weighted by Gasteiger charge is 2.17. The van der Waals surface area contributed by atoms with Crippen molar-refractivity contribution in [3.05, 3.63) is 28.7 Å². The van der Waals surface area contributed by atoms with Gasteiger partial charge in [-0.15, -0.1) is 0 Å². The number of halogens is 1. The first-order valence-corrected chi connectivity index (χ1v) is 7.06. The van der Waals surface area contributed by atoms with E-state index in [2.05, 4.69) is 21.2 Å². The molecule has 0 bridgehead atoms. The Kier molecular flexibility index (Phi) is 4.31. The predicted molar refractivity (Wildman–Crippen MR) is 64.7 cm³/mol. The second kappa shape index (κ2) is 5.09. The van der Waals surface area contributed by atoms with Crippen LogP contribution in [0.1, 0.15) is 6.92 Å². The number of nitrogens with one attached hydrogen (secondary N) is 1. The maximum Gasteiger partial charge on any atom is 0.179 e. The molecule has 0 aromatic heterocycles. The van der Waals surface area contributed by atoms with Crippen LogP contribution >= 0.6 is 15.9 Å². The first-order valence-electron chi connectivity index (χ1n) is 4.61. The van der Waals surface area contributed by atoms with E-state index in [1.807, 2.05) is 6.92 Å². The van der Waals surface area contributed by atoms with Gasteiger partial charge in [-0.05, 0) is 38.2 Å². The molecule has 1 aromatic rings. The minimum atomic E-state index is -3.17. The zero-order valence-electron chi connectivity index (χ0n) is 8.70. The molecular weight excluding hydrogens is 278 g/mol. The van der Waals surface area contributed by atoms with E-state index in [1.165, 1.54) is 0 Å². The van der Waals surface area contributed by atoms with Crippen LogP contribution in [0.2, 0.25) is 0 Å². The van der Waals surface area contributed by atoms with Gasteiger partial charge in [-0.3, -0.25) is 0 Å². The molecule has 0 fully saturated rings. The number of sulfone groups is 1. The second-order valence-electron chi connectivity index (χ2n) is 3.43. The van der Waals surface area contributed by atoms with Crippen LogP contribution in [-0.4, -0.2) is 27.3 Å². The summed E-state index contributed by atoms with van der Waals surface area (Å²) in [6, 6.07) is 6.65. The summed E-state index contributed by atoms with van der Waals surface area (Å²) in [6.07, 6.45) is 0. The Bertz CT molecular complexity index is 414. The van der Waals surface area contributed by atoms with E-state index in [1.54, 1.807) is 31.3 Å². The lowest BCUT2D eigenvalue weighted by atomic mass is 10.4. The van der Waals surface area contributed by atoms with E-state index in [0.29, 0.717) is 4.90 Å². The van der Waals surface area contributed by atoms with E-state index in [9.17, 15) is 8.42 Å². The predicted octanol–water partition coefficient (Wildman–Crippen LogP) is 1.83. The molecule has 0 radical (unpaired) electrons. The zero-order chi connectivity index (χ0) is 11.5. The molecule has 0 amide bonds. The fourth-order valence-corrected chi connectivity index (χ4v) is 2.98. The van der Waals surface area contributed by atoms with Crippen molar-refractivity contribution in [2.45, 2.75) is 17.9 Å². The van der Waals surface area contributed by atoms with Gasteiger partial charge in [0.2, 0.25) is 0 Å². The maximum absolute atomic E-state index is 11.9. The van der Waals surface area contributed by atoms with Gasteiger partial charge in [0.25, 0.3) is 0 Å². The van der Waals surface area contributed by atoms with E-state index in [-0.39, 0.29) is 11.8 Å². The van der Waals surface area contributed by atoms with Crippen LogP contribution in [0.5, 0.6) is 0 Å². The normalized spacial score (nSPS) is 13.8. The summed E-state index contributed by atoms with van der Waals surface area (Å²) >= 11 is 3.27. The van der Waals surface area contributed by atoms with Crippen LogP contribution in [0.25, 0.3) is 0 Å². The van der Waals surface area contributed by atoms with Crippen LogP contribution in [0.15, 0.2) is 33.6 Å². The monoisotopic (exact) mass is 291 g/mol. The van der Waals surface area contributed by atoms with Crippen molar-refractivity contribution < 1.29 is 8.42 Å². The van der Waals surface area contributed by atoms with E-state index in [0.717, 1.165) is 4.47 Å². The van der Waals surface area contributed by atoms with Crippen LogP contribution in [0.3, 0.4) is 0 Å². The first-order chi connectivity index (χ1) is 6.95. The Morgan fingerprint density at radius 3 is 2.33 bits per heavy atom. The highest BCUT2D eigenvalue weighted by atomic mass is 79.9. The van der Waals surface area contributed by atoms with Crippen molar-refractivity contribution in [1.29, 1.82) is 0 Å². The minimum Gasteiger partial charge on any atom is -0.316 e. The van der Waals surface area contributed by atoms with Gasteiger partial charge in [0.15, 0.2) is 9.84 Å². The summed E-state index contributed by atoms with van der Waals surface area (Å²) in [6.45, 7) is 1.84. The summed E-state index contributed by atoms with van der Waals surface area (Å²) in [7, 11) is -1.42. The van der Waals surface area contributed by atoms with Crippen molar-refractivity contribution >= 4 is 25.8 Å². The summed E-state index contributed by atoms with van der Waals surface area (Å²) in [4.78, 5) is 0.368. The molecule has 84 valence electrons. The Hall–Kier alpha value is -0.390. The highest BCUT2D eigenvalue weighted by molar-refractivity contribution is 9.10. The standard InChI is InChI=1S/C10H14BrNO2S/c1-8(12-2)7-15(13,14)10-5-3-9(11)4-6-10/h3-6,8,12H,7H2,1-2H3. The Balaban J connectivity index is 2.91. The molecule has 0 saturated heterocycles. The van der Waals surface area contributed by atoms with Crippen molar-refractivity contribution in [2.75, 3.05) is 12.8 Å². The summed E-state index contributed by atoms with van der Waals surface area (Å²) in [5.41, 5.74) is 0. The lowest BCUT2D eigenvalue weighted by molar-refractivity contribution is 0.578. The fourth-order valence-electron chi connectivity index (χ4n) is 1.15. The molecule has 1 unspecified atom stereocenters. The molecule has 0 aliphatic heterocycles. The topological polar surface area (TPSA) is 46.2 Å². The van der Waals surface area contributed by atoms with Crippen LogP contribution in [0.4, 0.5) is 0 Å². The van der Waals surface area contributed by atoms with Gasteiger partial charge in [-0.2, -0.15) is 0 Å². The van der Waals surface area contributed by atoms with Crippen molar-refractivity contribution in [1.82, 2.24) is 5.32 Å². The number of benzene rings is 1. The summed E-state index contributed by atoms with van der Waals surface area (Å²) < 4.78 is 24.6. The molecule has 15 heavy (non-hydrogen) atoms. The minimum absolute atomic E-state index is 0.0429. The molecule has 1 atom stereocenters. The van der Waals surface area contributed by atoms with Crippen LogP contribution < -0.4 is 5.32 Å². The van der Waals surface area contributed by atoms with Crippen molar-refractivity contribution in [3.63, 3.8) is 0 Å². The zero-order valence-corrected chi connectivity index (χ0v) is 11.1. The van der Waals surface area contributed by atoms with Gasteiger partial charge in [-0.25, -0.2) is 8.42 Å². The molecule has 5 heteroatoms. The van der Waals surface area contributed by atoms with Gasteiger partial charge < -0.3 is 5.32 Å². The van der Waals surface area contributed by atoms with E-state index >= 15 is 0 Å². The smallest absolute Gasteiger partial charge is 0.179 e. The molecule has 0 saturated carbocycles. The number of hydrogen-bond acceptors (Lipinski definition) is 3. The number of rotatable bonds is 4. The molecule has 3 nitrogen and oxygen atoms in total. The third-order valence-electron chi connectivity index (χ3n) is 2.13. The first kappa shape index (κ1) is 12.7. The Labute approximate surface area is 98.9 Å². The molecule has 0 aliphatic rings. The number of hydrogen-bond donors (Lipinski definition) is 1. The van der Waals surface area contributed by atoms with Crippen molar-refractivity contribution in [2.24, 2.45) is 0 Å². The van der Waals surface area contributed by atoms with Crippen molar-refractivity contribution in [3.8, 4) is 0 Å². The third kappa shape index (κ3) is 3.59. The van der Waals surface area contributed by atoms with Crippen LogP contribution in [0, 0.1) is 0 Å². The van der Waals surface area contributed by atoms with Gasteiger partial charge in [0.1, 0.15) is 0 Å². The SMILES string of the molecule is CNC(C)CS(=O)(=O)c1ccc(Br)cc1. The fraction of sp³-hybridized carbons (Fsp3) is 0.400. The molecule has 1 N–H and O–H groups in total. The summed E-state index contributed by atoms with van der Waals surface area (Å²) in [5, 5.41) is 2.91. The Morgan fingerprint density at radius 2 is 1.87 bits per heavy atom. The second-order valence-corrected chi connectivity index (χ2v) is 6.37. The Morgan fingerprint density at radius 1 is 1.33 bits per heavy atom. The van der Waals surface area contributed by atoms with Gasteiger partial charge in [0, 0.05) is 10.5 Å².